The van der Waals surface area contributed by atoms with E-state index >= 15 is 0 Å². The zero-order valence-electron chi connectivity index (χ0n) is 13.6. The van der Waals surface area contributed by atoms with Gasteiger partial charge in [0.1, 0.15) is 5.75 Å². The summed E-state index contributed by atoms with van der Waals surface area (Å²) in [6, 6.07) is 13.4. The van der Waals surface area contributed by atoms with E-state index in [2.05, 4.69) is 15.2 Å². The molecule has 0 unspecified atom stereocenters. The fourth-order valence-corrected chi connectivity index (χ4v) is 3.38. The minimum Gasteiger partial charge on any atom is -0.507 e. The summed E-state index contributed by atoms with van der Waals surface area (Å²) in [5.41, 5.74) is 0.462. The summed E-state index contributed by atoms with van der Waals surface area (Å²) in [7, 11) is 0. The van der Waals surface area contributed by atoms with Crippen molar-refractivity contribution in [2.24, 2.45) is 10.2 Å². The summed E-state index contributed by atoms with van der Waals surface area (Å²) in [4.78, 5) is 15.1. The second-order valence-corrected chi connectivity index (χ2v) is 6.70. The molecule has 3 N–H and O–H groups in total. The molecule has 0 aliphatic rings. The topological polar surface area (TPSA) is 98.0 Å². The average Bonchev–Trinajstić information content (AvgIpc) is 2.95. The normalized spacial score (nSPS) is 11.6. The molecule has 0 saturated carbocycles. The van der Waals surface area contributed by atoms with Gasteiger partial charge >= 0.3 is 0 Å². The number of azo groups is 1. The van der Waals surface area contributed by atoms with E-state index in [1.54, 1.807) is 6.07 Å². The molecule has 0 radical (unpaired) electrons. The quantitative estimate of drug-likeness (QED) is 0.362. The molecule has 1 amide bonds. The molecular weight excluding hydrogens is 389 g/mol. The van der Waals surface area contributed by atoms with Crippen molar-refractivity contribution in [2.45, 2.75) is 0 Å². The van der Waals surface area contributed by atoms with Crippen LogP contribution in [0.2, 0.25) is 10.0 Å². The number of nitrogens with zero attached hydrogens (tertiary/aromatic N) is 2. The lowest BCUT2D eigenvalue weighted by atomic mass is 10.1. The Morgan fingerprint density at radius 2 is 1.70 bits per heavy atom. The third kappa shape index (κ3) is 3.09. The number of H-pyrrole nitrogens is 1. The highest BCUT2D eigenvalue weighted by Crippen LogP contribution is 2.40. The highest BCUT2D eigenvalue weighted by atomic mass is 35.5. The number of nitrogens with one attached hydrogen (secondary N) is 1. The van der Waals surface area contributed by atoms with E-state index < -0.39 is 5.91 Å². The highest BCUT2D eigenvalue weighted by molar-refractivity contribution is 6.38. The summed E-state index contributed by atoms with van der Waals surface area (Å²) >= 11 is 12.1. The molecule has 0 atom stereocenters. The average molecular weight is 400 g/mol. The van der Waals surface area contributed by atoms with Gasteiger partial charge in [0.2, 0.25) is 5.88 Å². The lowest BCUT2D eigenvalue weighted by Crippen LogP contribution is -1.94. The van der Waals surface area contributed by atoms with Gasteiger partial charge in [-0.1, -0.05) is 47.5 Å². The van der Waals surface area contributed by atoms with Crippen LogP contribution >= 0.6 is 23.2 Å². The first-order valence-corrected chi connectivity index (χ1v) is 8.57. The molecule has 4 aromatic rings. The van der Waals surface area contributed by atoms with Crippen molar-refractivity contribution in [2.75, 3.05) is 0 Å². The summed E-state index contributed by atoms with van der Waals surface area (Å²) in [6.07, 6.45) is 0. The molecule has 0 fully saturated rings. The smallest absolute Gasteiger partial charge is 0.299 e. The largest absolute Gasteiger partial charge is 0.507 e. The van der Waals surface area contributed by atoms with Crippen LogP contribution in [-0.4, -0.2) is 21.1 Å². The lowest BCUT2D eigenvalue weighted by Gasteiger charge is -2.03. The van der Waals surface area contributed by atoms with Crippen molar-refractivity contribution in [3.63, 3.8) is 0 Å². The Labute approximate surface area is 162 Å². The zero-order valence-corrected chi connectivity index (χ0v) is 15.1. The van der Waals surface area contributed by atoms with Crippen LogP contribution in [0.25, 0.3) is 21.7 Å². The van der Waals surface area contributed by atoms with E-state index in [1.807, 2.05) is 24.3 Å². The second kappa shape index (κ2) is 6.57. The van der Waals surface area contributed by atoms with Crippen molar-refractivity contribution in [1.82, 2.24) is 4.98 Å². The molecule has 0 saturated heterocycles. The maximum atomic E-state index is 12.4. The predicted molar refractivity (Wildman–Crippen MR) is 104 cm³/mol. The third-order valence-corrected chi connectivity index (χ3v) is 4.63. The Balaban J connectivity index is 1.75. The van der Waals surface area contributed by atoms with Gasteiger partial charge in [-0.25, -0.2) is 0 Å². The van der Waals surface area contributed by atoms with Crippen LogP contribution in [0.1, 0.15) is 10.4 Å². The number of carbonyl (C=O) groups is 1. The summed E-state index contributed by atoms with van der Waals surface area (Å²) in [6.45, 7) is 0. The van der Waals surface area contributed by atoms with E-state index in [4.69, 9.17) is 23.2 Å². The number of phenols is 1. The van der Waals surface area contributed by atoms with Crippen molar-refractivity contribution in [3.05, 3.63) is 64.1 Å². The molecule has 134 valence electrons. The molecule has 0 spiro atoms. The number of aromatic amines is 1. The fourth-order valence-electron chi connectivity index (χ4n) is 2.84. The molecule has 0 bridgehead atoms. The Bertz CT molecular complexity index is 1250. The minimum absolute atomic E-state index is 0.00726. The number of aromatic hydroxyl groups is 2. The molecule has 0 aliphatic heterocycles. The number of aromatic nitrogens is 1. The standard InChI is InChI=1S/C19H11Cl2N3O3/c20-11-7-13-16(14(21)8-11)22-19(27)17(13)23-24-18(26)12-5-9-3-1-2-4-10(9)6-15(12)25/h1-8,22,25,27H. The number of phenolic OH excluding ortho intramolecular Hbond substituents is 1. The Morgan fingerprint density at radius 1 is 1.00 bits per heavy atom. The van der Waals surface area contributed by atoms with Crippen LogP contribution < -0.4 is 0 Å². The van der Waals surface area contributed by atoms with Gasteiger partial charge in [0, 0.05) is 10.4 Å². The number of benzene rings is 3. The SMILES string of the molecule is O=C(N=Nc1c(O)[nH]c2c(Cl)cc(Cl)cc12)c1cc2ccccc2cc1O. The molecular formula is C19H11Cl2N3O3. The first kappa shape index (κ1) is 17.3. The second-order valence-electron chi connectivity index (χ2n) is 5.85. The Morgan fingerprint density at radius 3 is 2.44 bits per heavy atom. The molecule has 3 aromatic carbocycles. The number of halogens is 2. The first-order valence-electron chi connectivity index (χ1n) is 7.81. The number of carbonyl (C=O) groups excluding carboxylic acids is 1. The van der Waals surface area contributed by atoms with E-state index in [0.29, 0.717) is 20.9 Å². The molecule has 8 heteroatoms. The summed E-state index contributed by atoms with van der Waals surface area (Å²) in [5, 5.41) is 30.3. The van der Waals surface area contributed by atoms with Crippen LogP contribution in [0.3, 0.4) is 0 Å². The van der Waals surface area contributed by atoms with Crippen LogP contribution in [0.5, 0.6) is 11.6 Å². The number of hydrogen-bond acceptors (Lipinski definition) is 4. The van der Waals surface area contributed by atoms with Gasteiger partial charge in [-0.3, -0.25) is 4.79 Å². The van der Waals surface area contributed by atoms with Crippen LogP contribution in [-0.2, 0) is 0 Å². The van der Waals surface area contributed by atoms with Gasteiger partial charge in [0.15, 0.2) is 5.69 Å². The van der Waals surface area contributed by atoms with E-state index in [1.165, 1.54) is 18.2 Å². The summed E-state index contributed by atoms with van der Waals surface area (Å²) < 4.78 is 0. The maximum Gasteiger partial charge on any atom is 0.299 e. The number of rotatable bonds is 2. The monoisotopic (exact) mass is 399 g/mol. The van der Waals surface area contributed by atoms with Gasteiger partial charge in [-0.15, -0.1) is 10.2 Å². The molecule has 6 nitrogen and oxygen atoms in total. The van der Waals surface area contributed by atoms with Crippen LogP contribution in [0, 0.1) is 0 Å². The van der Waals surface area contributed by atoms with Gasteiger partial charge in [-0.05, 0) is 35.0 Å². The first-order chi connectivity index (χ1) is 12.9. The van der Waals surface area contributed by atoms with Crippen molar-refractivity contribution < 1.29 is 15.0 Å². The molecule has 0 aliphatic carbocycles. The Kier molecular flexibility index (Phi) is 4.22. The predicted octanol–water partition coefficient (Wildman–Crippen LogP) is 5.96. The number of hydrogen-bond donors (Lipinski definition) is 3. The molecule has 27 heavy (non-hydrogen) atoms. The summed E-state index contributed by atoms with van der Waals surface area (Å²) in [5.74, 6) is -1.25. The molecule has 1 heterocycles. The highest BCUT2D eigenvalue weighted by Gasteiger charge is 2.16. The van der Waals surface area contributed by atoms with Crippen molar-refractivity contribution in [3.8, 4) is 11.6 Å². The number of fused-ring (bicyclic) bond motifs is 2. The van der Waals surface area contributed by atoms with Crippen molar-refractivity contribution in [1.29, 1.82) is 0 Å². The third-order valence-electron chi connectivity index (χ3n) is 4.11. The van der Waals surface area contributed by atoms with Crippen LogP contribution in [0.4, 0.5) is 5.69 Å². The van der Waals surface area contributed by atoms with Crippen molar-refractivity contribution >= 4 is 56.5 Å². The lowest BCUT2D eigenvalue weighted by molar-refractivity contribution is 0.0992. The minimum atomic E-state index is -0.750. The van der Waals surface area contributed by atoms with Gasteiger partial charge < -0.3 is 15.2 Å². The Hall–Kier alpha value is -3.09. The molecule has 1 aromatic heterocycles. The zero-order chi connectivity index (χ0) is 19.1. The van der Waals surface area contributed by atoms with E-state index in [0.717, 1.165) is 10.8 Å². The van der Waals surface area contributed by atoms with Gasteiger partial charge in [-0.2, -0.15) is 0 Å². The van der Waals surface area contributed by atoms with E-state index in [9.17, 15) is 15.0 Å². The van der Waals surface area contributed by atoms with E-state index in [-0.39, 0.29) is 22.9 Å². The number of amides is 1. The van der Waals surface area contributed by atoms with Gasteiger partial charge in [0.05, 0.1) is 16.1 Å². The maximum absolute atomic E-state index is 12.4. The van der Waals surface area contributed by atoms with Crippen LogP contribution in [0.15, 0.2) is 58.8 Å². The van der Waals surface area contributed by atoms with Gasteiger partial charge in [0.25, 0.3) is 5.91 Å². The molecule has 4 rings (SSSR count). The fraction of sp³-hybridized carbons (Fsp3) is 0.